The van der Waals surface area contributed by atoms with Gasteiger partial charge in [0, 0.05) is 6.42 Å². The SMILES string of the molecule is CCC(=O)c1ccccc1OCC(C)(C)O. The summed E-state index contributed by atoms with van der Waals surface area (Å²) in [6, 6.07) is 7.10. The number of carbonyl (C=O) groups excluding carboxylic acids is 1. The molecule has 0 unspecified atom stereocenters. The number of rotatable bonds is 5. The molecule has 3 nitrogen and oxygen atoms in total. The third-order valence-corrected chi connectivity index (χ3v) is 2.09. The molecule has 3 heteroatoms. The number of aliphatic hydroxyl groups is 1. The van der Waals surface area contributed by atoms with Crippen LogP contribution in [0.15, 0.2) is 24.3 Å². The molecule has 0 amide bonds. The maximum atomic E-state index is 11.6. The van der Waals surface area contributed by atoms with Gasteiger partial charge in [0.05, 0.1) is 11.2 Å². The molecule has 1 N–H and O–H groups in total. The summed E-state index contributed by atoms with van der Waals surface area (Å²) < 4.78 is 5.45. The number of ether oxygens (including phenoxy) is 1. The molecule has 0 atom stereocenters. The normalized spacial score (nSPS) is 11.2. The van der Waals surface area contributed by atoms with E-state index in [4.69, 9.17) is 4.74 Å². The van der Waals surface area contributed by atoms with Gasteiger partial charge in [0.25, 0.3) is 0 Å². The topological polar surface area (TPSA) is 46.5 Å². The molecule has 0 aromatic heterocycles. The number of carbonyl (C=O) groups is 1. The lowest BCUT2D eigenvalue weighted by atomic mass is 10.1. The van der Waals surface area contributed by atoms with Crippen molar-refractivity contribution >= 4 is 5.78 Å². The number of ketones is 1. The van der Waals surface area contributed by atoms with E-state index in [-0.39, 0.29) is 12.4 Å². The van der Waals surface area contributed by atoms with Crippen molar-refractivity contribution in [3.63, 3.8) is 0 Å². The van der Waals surface area contributed by atoms with E-state index in [0.717, 1.165) is 0 Å². The van der Waals surface area contributed by atoms with Crippen molar-refractivity contribution in [2.45, 2.75) is 32.8 Å². The maximum Gasteiger partial charge on any atom is 0.166 e. The van der Waals surface area contributed by atoms with Gasteiger partial charge in [-0.1, -0.05) is 19.1 Å². The van der Waals surface area contributed by atoms with E-state index in [1.165, 1.54) is 0 Å². The standard InChI is InChI=1S/C13H18O3/c1-4-11(14)10-7-5-6-8-12(10)16-9-13(2,3)15/h5-8,15H,4,9H2,1-3H3. The smallest absolute Gasteiger partial charge is 0.166 e. The molecule has 0 aliphatic carbocycles. The molecule has 0 saturated heterocycles. The molecule has 0 fully saturated rings. The van der Waals surface area contributed by atoms with E-state index in [1.54, 1.807) is 32.0 Å². The van der Waals surface area contributed by atoms with Crippen molar-refractivity contribution < 1.29 is 14.6 Å². The fourth-order valence-corrected chi connectivity index (χ4v) is 1.27. The van der Waals surface area contributed by atoms with Crippen molar-refractivity contribution in [3.8, 4) is 5.75 Å². The van der Waals surface area contributed by atoms with Crippen LogP contribution in [0.4, 0.5) is 0 Å². The highest BCUT2D eigenvalue weighted by Gasteiger charge is 2.16. The second kappa shape index (κ2) is 5.12. The zero-order valence-electron chi connectivity index (χ0n) is 9.99. The Morgan fingerprint density at radius 3 is 2.56 bits per heavy atom. The molecule has 1 aromatic carbocycles. The molecule has 0 saturated carbocycles. The zero-order chi connectivity index (χ0) is 12.2. The number of benzene rings is 1. The lowest BCUT2D eigenvalue weighted by Gasteiger charge is -2.19. The average molecular weight is 222 g/mol. The molecule has 1 aromatic rings. The molecule has 88 valence electrons. The van der Waals surface area contributed by atoms with Crippen LogP contribution in [0, 0.1) is 0 Å². The number of hydrogen-bond donors (Lipinski definition) is 1. The minimum atomic E-state index is -0.900. The van der Waals surface area contributed by atoms with E-state index in [0.29, 0.717) is 17.7 Å². The fourth-order valence-electron chi connectivity index (χ4n) is 1.27. The van der Waals surface area contributed by atoms with Crippen LogP contribution in [-0.4, -0.2) is 23.1 Å². The first-order valence-electron chi connectivity index (χ1n) is 5.41. The Morgan fingerprint density at radius 1 is 1.38 bits per heavy atom. The van der Waals surface area contributed by atoms with Crippen LogP contribution in [0.3, 0.4) is 0 Å². The fraction of sp³-hybridized carbons (Fsp3) is 0.462. The van der Waals surface area contributed by atoms with Crippen molar-refractivity contribution in [1.29, 1.82) is 0 Å². The Hall–Kier alpha value is -1.35. The van der Waals surface area contributed by atoms with Crippen LogP contribution in [-0.2, 0) is 0 Å². The maximum absolute atomic E-state index is 11.6. The Kier molecular flexibility index (Phi) is 4.07. The molecule has 16 heavy (non-hydrogen) atoms. The molecule has 0 radical (unpaired) electrons. The first kappa shape index (κ1) is 12.7. The second-order valence-electron chi connectivity index (χ2n) is 4.37. The summed E-state index contributed by atoms with van der Waals surface area (Å²) in [6.07, 6.45) is 0.447. The lowest BCUT2D eigenvalue weighted by Crippen LogP contribution is -2.28. The van der Waals surface area contributed by atoms with Crippen molar-refractivity contribution in [2.24, 2.45) is 0 Å². The highest BCUT2D eigenvalue weighted by Crippen LogP contribution is 2.20. The van der Waals surface area contributed by atoms with Gasteiger partial charge in [-0.05, 0) is 26.0 Å². The third-order valence-electron chi connectivity index (χ3n) is 2.09. The largest absolute Gasteiger partial charge is 0.490 e. The second-order valence-corrected chi connectivity index (χ2v) is 4.37. The van der Waals surface area contributed by atoms with Gasteiger partial charge in [0.1, 0.15) is 12.4 Å². The van der Waals surface area contributed by atoms with Gasteiger partial charge < -0.3 is 9.84 Å². The van der Waals surface area contributed by atoms with Crippen LogP contribution in [0.1, 0.15) is 37.6 Å². The monoisotopic (exact) mass is 222 g/mol. The summed E-state index contributed by atoms with van der Waals surface area (Å²) in [7, 11) is 0. The molecule has 0 spiro atoms. The summed E-state index contributed by atoms with van der Waals surface area (Å²) in [4.78, 5) is 11.6. The highest BCUT2D eigenvalue weighted by molar-refractivity contribution is 5.98. The number of Topliss-reactive ketones (excluding diaryl/α,β-unsaturated/α-hetero) is 1. The van der Waals surface area contributed by atoms with Gasteiger partial charge >= 0.3 is 0 Å². The van der Waals surface area contributed by atoms with Crippen LogP contribution < -0.4 is 4.74 Å². The Labute approximate surface area is 96.1 Å². The number of para-hydroxylation sites is 1. The Morgan fingerprint density at radius 2 is 2.00 bits per heavy atom. The minimum Gasteiger partial charge on any atom is -0.490 e. The van der Waals surface area contributed by atoms with Crippen LogP contribution in [0.5, 0.6) is 5.75 Å². The molecular formula is C13H18O3. The van der Waals surface area contributed by atoms with E-state index in [9.17, 15) is 9.90 Å². The summed E-state index contributed by atoms with van der Waals surface area (Å²) in [5.74, 6) is 0.586. The van der Waals surface area contributed by atoms with E-state index < -0.39 is 5.60 Å². The van der Waals surface area contributed by atoms with Crippen molar-refractivity contribution in [3.05, 3.63) is 29.8 Å². The zero-order valence-corrected chi connectivity index (χ0v) is 9.99. The summed E-state index contributed by atoms with van der Waals surface area (Å²) in [5.41, 5.74) is -0.322. The molecule has 1 rings (SSSR count). The number of hydrogen-bond acceptors (Lipinski definition) is 3. The van der Waals surface area contributed by atoms with Gasteiger partial charge in [0.15, 0.2) is 5.78 Å². The first-order chi connectivity index (χ1) is 7.44. The predicted octanol–water partition coefficient (Wildman–Crippen LogP) is 2.43. The van der Waals surface area contributed by atoms with Crippen molar-refractivity contribution in [1.82, 2.24) is 0 Å². The molecule has 0 heterocycles. The van der Waals surface area contributed by atoms with E-state index in [2.05, 4.69) is 0 Å². The van der Waals surface area contributed by atoms with E-state index in [1.807, 2.05) is 13.0 Å². The molecule has 0 aliphatic rings. The molecule has 0 bridgehead atoms. The highest BCUT2D eigenvalue weighted by atomic mass is 16.5. The molecule has 0 aliphatic heterocycles. The predicted molar refractivity (Wildman–Crippen MR) is 62.9 cm³/mol. The summed E-state index contributed by atoms with van der Waals surface area (Å²) in [5, 5.41) is 9.56. The summed E-state index contributed by atoms with van der Waals surface area (Å²) in [6.45, 7) is 5.31. The molecular weight excluding hydrogens is 204 g/mol. The lowest BCUT2D eigenvalue weighted by molar-refractivity contribution is 0.0281. The van der Waals surface area contributed by atoms with Crippen LogP contribution in [0.2, 0.25) is 0 Å². The first-order valence-corrected chi connectivity index (χ1v) is 5.41. The average Bonchev–Trinajstić information content (AvgIpc) is 2.25. The van der Waals surface area contributed by atoms with E-state index >= 15 is 0 Å². The van der Waals surface area contributed by atoms with Gasteiger partial charge in [-0.3, -0.25) is 4.79 Å². The van der Waals surface area contributed by atoms with Gasteiger partial charge in [0.2, 0.25) is 0 Å². The van der Waals surface area contributed by atoms with Gasteiger partial charge in [-0.2, -0.15) is 0 Å². The minimum absolute atomic E-state index is 0.0475. The van der Waals surface area contributed by atoms with Crippen molar-refractivity contribution in [2.75, 3.05) is 6.61 Å². The van der Waals surface area contributed by atoms with Crippen LogP contribution >= 0.6 is 0 Å². The quantitative estimate of drug-likeness (QED) is 0.778. The van der Waals surface area contributed by atoms with Gasteiger partial charge in [-0.25, -0.2) is 0 Å². The van der Waals surface area contributed by atoms with Crippen LogP contribution in [0.25, 0.3) is 0 Å². The van der Waals surface area contributed by atoms with Gasteiger partial charge in [-0.15, -0.1) is 0 Å². The Bertz CT molecular complexity index is 364. The third kappa shape index (κ3) is 3.66. The Balaban J connectivity index is 2.83. The summed E-state index contributed by atoms with van der Waals surface area (Å²) >= 11 is 0.